The molecule has 0 radical (unpaired) electrons. The molecule has 7 nitrogen and oxygen atoms in total. The van der Waals surface area contributed by atoms with Crippen molar-refractivity contribution >= 4 is 17.6 Å². The highest BCUT2D eigenvalue weighted by atomic mass is 16.4. The number of carbonyl (C=O) groups excluding carboxylic acids is 1. The van der Waals surface area contributed by atoms with Gasteiger partial charge in [-0.2, -0.15) is 0 Å². The molecule has 0 aliphatic carbocycles. The number of nitrogens with one attached hydrogen (secondary N) is 1. The Hall–Kier alpha value is -3.35. The standard InChI is InChI=1S/C22H26N2O5/c1-14(2)10-19(24-29)21(26)23-20(22(27)28)13-16-8-9-18(25)12-17(16)11-15-6-4-3-5-7-15/h3-9,12,14,20,25,29H,10-11,13H2,1-2H3,(H,23,26)(H,27,28)/t20-/m0/s1. The smallest absolute Gasteiger partial charge is 0.326 e. The molecule has 154 valence electrons. The summed E-state index contributed by atoms with van der Waals surface area (Å²) in [7, 11) is 0. The van der Waals surface area contributed by atoms with E-state index in [9.17, 15) is 19.8 Å². The van der Waals surface area contributed by atoms with Crippen molar-refractivity contribution < 1.29 is 25.0 Å². The van der Waals surface area contributed by atoms with Gasteiger partial charge >= 0.3 is 5.97 Å². The molecule has 1 amide bonds. The first-order valence-corrected chi connectivity index (χ1v) is 9.39. The van der Waals surface area contributed by atoms with Crippen LogP contribution in [0.1, 0.15) is 37.0 Å². The van der Waals surface area contributed by atoms with Gasteiger partial charge in [-0.15, -0.1) is 0 Å². The minimum absolute atomic E-state index is 0.0317. The van der Waals surface area contributed by atoms with Gasteiger partial charge in [-0.25, -0.2) is 4.79 Å². The van der Waals surface area contributed by atoms with Crippen molar-refractivity contribution in [2.45, 2.75) is 39.2 Å². The molecule has 0 aromatic heterocycles. The van der Waals surface area contributed by atoms with Crippen LogP contribution in [-0.2, 0) is 22.4 Å². The van der Waals surface area contributed by atoms with Gasteiger partial charge in [-0.3, -0.25) is 4.79 Å². The van der Waals surface area contributed by atoms with Crippen molar-refractivity contribution in [3.63, 3.8) is 0 Å². The fourth-order valence-corrected chi connectivity index (χ4v) is 3.02. The molecule has 1 atom stereocenters. The van der Waals surface area contributed by atoms with E-state index in [2.05, 4.69) is 10.5 Å². The molecule has 7 heteroatoms. The van der Waals surface area contributed by atoms with E-state index in [4.69, 9.17) is 5.21 Å². The van der Waals surface area contributed by atoms with Gasteiger partial charge in [0, 0.05) is 12.8 Å². The van der Waals surface area contributed by atoms with E-state index in [1.165, 1.54) is 6.07 Å². The summed E-state index contributed by atoms with van der Waals surface area (Å²) in [4.78, 5) is 24.1. The van der Waals surface area contributed by atoms with Gasteiger partial charge in [-0.1, -0.05) is 55.4 Å². The van der Waals surface area contributed by atoms with Crippen molar-refractivity contribution in [1.82, 2.24) is 5.32 Å². The van der Waals surface area contributed by atoms with E-state index in [0.717, 1.165) is 11.1 Å². The number of phenolic OH excluding ortho intramolecular Hbond substituents is 1. The fraction of sp³-hybridized carbons (Fsp3) is 0.318. The Morgan fingerprint density at radius 2 is 1.76 bits per heavy atom. The van der Waals surface area contributed by atoms with Gasteiger partial charge in [0.25, 0.3) is 5.91 Å². The Morgan fingerprint density at radius 3 is 2.34 bits per heavy atom. The third-order valence-electron chi connectivity index (χ3n) is 4.44. The molecule has 0 saturated heterocycles. The first kappa shape index (κ1) is 21.9. The number of aliphatic carboxylic acids is 1. The molecule has 0 aliphatic rings. The number of phenols is 1. The van der Waals surface area contributed by atoms with Gasteiger partial charge in [0.15, 0.2) is 0 Å². The number of hydrogen-bond donors (Lipinski definition) is 4. The molecule has 0 fully saturated rings. The number of nitrogens with zero attached hydrogens (tertiary/aromatic N) is 1. The van der Waals surface area contributed by atoms with Gasteiger partial charge in [0.1, 0.15) is 17.5 Å². The number of oxime groups is 1. The first-order valence-electron chi connectivity index (χ1n) is 9.39. The lowest BCUT2D eigenvalue weighted by Gasteiger charge is -2.18. The molecule has 2 rings (SSSR count). The van der Waals surface area contributed by atoms with Gasteiger partial charge in [0.05, 0.1) is 0 Å². The molecule has 2 aromatic rings. The molecule has 0 spiro atoms. The summed E-state index contributed by atoms with van der Waals surface area (Å²) in [6, 6.07) is 13.1. The number of aromatic hydroxyl groups is 1. The summed E-state index contributed by atoms with van der Waals surface area (Å²) >= 11 is 0. The highest BCUT2D eigenvalue weighted by Crippen LogP contribution is 2.21. The molecular formula is C22H26N2O5. The Kier molecular flexibility index (Phi) is 7.77. The first-order chi connectivity index (χ1) is 13.8. The van der Waals surface area contributed by atoms with Gasteiger partial charge in [0.2, 0.25) is 0 Å². The van der Waals surface area contributed by atoms with Crippen LogP contribution >= 0.6 is 0 Å². The summed E-state index contributed by atoms with van der Waals surface area (Å²) in [6.45, 7) is 3.72. The second-order valence-electron chi connectivity index (χ2n) is 7.33. The van der Waals surface area contributed by atoms with E-state index in [-0.39, 0.29) is 30.2 Å². The number of amides is 1. The van der Waals surface area contributed by atoms with Crippen LogP contribution in [0, 0.1) is 5.92 Å². The second kappa shape index (κ2) is 10.3. The average Bonchev–Trinajstić information content (AvgIpc) is 2.67. The van der Waals surface area contributed by atoms with E-state index >= 15 is 0 Å². The van der Waals surface area contributed by atoms with E-state index in [1.54, 1.807) is 12.1 Å². The summed E-state index contributed by atoms with van der Waals surface area (Å²) in [5.74, 6) is -1.75. The second-order valence-corrected chi connectivity index (χ2v) is 7.33. The number of carbonyl (C=O) groups is 2. The van der Waals surface area contributed by atoms with Crippen molar-refractivity contribution in [1.29, 1.82) is 0 Å². The zero-order valence-corrected chi connectivity index (χ0v) is 16.5. The Morgan fingerprint density at radius 1 is 1.07 bits per heavy atom. The maximum atomic E-state index is 12.3. The number of hydrogen-bond acceptors (Lipinski definition) is 5. The quantitative estimate of drug-likeness (QED) is 0.294. The van der Waals surface area contributed by atoms with Crippen LogP contribution in [0.25, 0.3) is 0 Å². The van der Waals surface area contributed by atoms with Gasteiger partial charge < -0.3 is 20.7 Å². The van der Waals surface area contributed by atoms with Crippen LogP contribution in [0.2, 0.25) is 0 Å². The number of rotatable bonds is 9. The van der Waals surface area contributed by atoms with Crippen molar-refractivity contribution in [3.8, 4) is 5.75 Å². The third-order valence-corrected chi connectivity index (χ3v) is 4.44. The monoisotopic (exact) mass is 398 g/mol. The molecule has 0 saturated carbocycles. The fourth-order valence-electron chi connectivity index (χ4n) is 3.02. The van der Waals surface area contributed by atoms with Crippen molar-refractivity contribution in [3.05, 3.63) is 65.2 Å². The number of carboxylic acids is 1. The molecule has 0 unspecified atom stereocenters. The highest BCUT2D eigenvalue weighted by Gasteiger charge is 2.25. The molecule has 4 N–H and O–H groups in total. The largest absolute Gasteiger partial charge is 0.508 e. The molecule has 0 heterocycles. The van der Waals surface area contributed by atoms with Crippen LogP contribution < -0.4 is 5.32 Å². The summed E-state index contributed by atoms with van der Waals surface area (Å²) in [5.41, 5.74) is 2.38. The van der Waals surface area contributed by atoms with Crippen LogP contribution in [0.15, 0.2) is 53.7 Å². The Bertz CT molecular complexity index is 878. The normalized spacial score (nSPS) is 12.6. The van der Waals surface area contributed by atoms with E-state index < -0.39 is 17.9 Å². The Balaban J connectivity index is 2.22. The third kappa shape index (κ3) is 6.64. The lowest BCUT2D eigenvalue weighted by Crippen LogP contribution is -2.45. The maximum absolute atomic E-state index is 12.3. The summed E-state index contributed by atoms with van der Waals surface area (Å²) in [5, 5.41) is 34.0. The number of benzene rings is 2. The summed E-state index contributed by atoms with van der Waals surface area (Å²) < 4.78 is 0. The topological polar surface area (TPSA) is 119 Å². The SMILES string of the molecule is CC(C)CC(=NO)C(=O)N[C@@H](Cc1ccc(O)cc1Cc1ccccc1)C(=O)O. The molecular weight excluding hydrogens is 372 g/mol. The molecule has 29 heavy (non-hydrogen) atoms. The van der Waals surface area contributed by atoms with Crippen molar-refractivity contribution in [2.75, 3.05) is 0 Å². The molecule has 0 bridgehead atoms. The molecule has 0 aliphatic heterocycles. The lowest BCUT2D eigenvalue weighted by molar-refractivity contribution is -0.141. The van der Waals surface area contributed by atoms with Crippen LogP contribution in [0.4, 0.5) is 0 Å². The Labute approximate surface area is 169 Å². The van der Waals surface area contributed by atoms with Crippen molar-refractivity contribution in [2.24, 2.45) is 11.1 Å². The lowest BCUT2D eigenvalue weighted by atomic mass is 9.95. The zero-order chi connectivity index (χ0) is 21.4. The predicted octanol–water partition coefficient (Wildman–Crippen LogP) is 2.97. The van der Waals surface area contributed by atoms with E-state index in [0.29, 0.717) is 12.0 Å². The maximum Gasteiger partial charge on any atom is 0.326 e. The van der Waals surface area contributed by atoms with E-state index in [1.807, 2.05) is 44.2 Å². The zero-order valence-electron chi connectivity index (χ0n) is 16.5. The number of carboxylic acid groups (broad SMARTS) is 1. The molecule has 2 aromatic carbocycles. The van der Waals surface area contributed by atoms with Gasteiger partial charge in [-0.05, 0) is 41.2 Å². The highest BCUT2D eigenvalue weighted by molar-refractivity contribution is 6.39. The van der Waals surface area contributed by atoms with Crippen LogP contribution in [-0.4, -0.2) is 39.1 Å². The summed E-state index contributed by atoms with van der Waals surface area (Å²) in [6.07, 6.45) is 0.776. The minimum Gasteiger partial charge on any atom is -0.508 e. The van der Waals surface area contributed by atoms with Crippen LogP contribution in [0.3, 0.4) is 0 Å². The van der Waals surface area contributed by atoms with Crippen LogP contribution in [0.5, 0.6) is 5.75 Å². The average molecular weight is 398 g/mol. The predicted molar refractivity (Wildman–Crippen MR) is 109 cm³/mol. The minimum atomic E-state index is -1.20.